The van der Waals surface area contributed by atoms with Crippen LogP contribution in [0.4, 0.5) is 11.4 Å². The molecule has 1 saturated heterocycles. The van der Waals surface area contributed by atoms with Crippen LogP contribution in [0.2, 0.25) is 5.02 Å². The maximum atomic E-state index is 12.7. The van der Waals surface area contributed by atoms with Crippen LogP contribution in [-0.4, -0.2) is 36.3 Å². The monoisotopic (exact) mass is 399 g/mol. The van der Waals surface area contributed by atoms with E-state index in [0.29, 0.717) is 16.3 Å². The molecular formula is C22H26ClN3O2. The lowest BCUT2D eigenvalue weighted by atomic mass is 10.1. The fraction of sp³-hybridized carbons (Fsp3) is 0.364. The van der Waals surface area contributed by atoms with Gasteiger partial charge in [-0.05, 0) is 55.7 Å². The Hall–Kier alpha value is -2.53. The molecule has 0 aliphatic carbocycles. The second-order valence-corrected chi connectivity index (χ2v) is 7.56. The third-order valence-corrected chi connectivity index (χ3v) is 5.32. The van der Waals surface area contributed by atoms with Gasteiger partial charge in [-0.25, -0.2) is 0 Å². The van der Waals surface area contributed by atoms with Gasteiger partial charge in [0, 0.05) is 35.1 Å². The minimum absolute atomic E-state index is 0.0595. The zero-order chi connectivity index (χ0) is 19.9. The third-order valence-electron chi connectivity index (χ3n) is 4.91. The van der Waals surface area contributed by atoms with Crippen molar-refractivity contribution in [3.8, 4) is 0 Å². The molecular weight excluding hydrogens is 374 g/mol. The molecule has 28 heavy (non-hydrogen) atoms. The first-order valence-corrected chi connectivity index (χ1v) is 10.1. The highest BCUT2D eigenvalue weighted by Gasteiger charge is 2.17. The number of hydrogen-bond donors (Lipinski definition) is 2. The van der Waals surface area contributed by atoms with Crippen LogP contribution in [0.3, 0.4) is 0 Å². The van der Waals surface area contributed by atoms with Gasteiger partial charge in [0.2, 0.25) is 5.91 Å². The van der Waals surface area contributed by atoms with Gasteiger partial charge >= 0.3 is 0 Å². The second kappa shape index (κ2) is 9.60. The van der Waals surface area contributed by atoms with E-state index < -0.39 is 0 Å². The summed E-state index contributed by atoms with van der Waals surface area (Å²) in [6, 6.07) is 12.7. The Labute approximate surface area is 171 Å². The normalized spacial score (nSPS) is 14.3. The summed E-state index contributed by atoms with van der Waals surface area (Å²) in [5.74, 6) is -0.117. The van der Waals surface area contributed by atoms with Crippen molar-refractivity contribution in [2.75, 3.05) is 30.3 Å². The van der Waals surface area contributed by atoms with Crippen molar-refractivity contribution in [1.82, 2.24) is 4.90 Å². The van der Waals surface area contributed by atoms with E-state index in [4.69, 9.17) is 11.6 Å². The van der Waals surface area contributed by atoms with Gasteiger partial charge in [-0.2, -0.15) is 0 Å². The zero-order valence-electron chi connectivity index (χ0n) is 16.1. The Morgan fingerprint density at radius 2 is 1.75 bits per heavy atom. The van der Waals surface area contributed by atoms with E-state index in [1.165, 1.54) is 12.8 Å². The van der Waals surface area contributed by atoms with E-state index in [9.17, 15) is 9.59 Å². The summed E-state index contributed by atoms with van der Waals surface area (Å²) in [6.45, 7) is 3.65. The number of halogens is 1. The number of nitrogens with one attached hydrogen (secondary N) is 2. The molecule has 0 radical (unpaired) electrons. The van der Waals surface area contributed by atoms with Crippen LogP contribution in [0.15, 0.2) is 42.5 Å². The number of anilines is 2. The lowest BCUT2D eigenvalue weighted by Crippen LogP contribution is -2.31. The largest absolute Gasteiger partial charge is 0.376 e. The molecule has 2 amide bonds. The highest BCUT2D eigenvalue weighted by Crippen LogP contribution is 2.20. The maximum Gasteiger partial charge on any atom is 0.253 e. The van der Waals surface area contributed by atoms with Crippen LogP contribution >= 0.6 is 11.6 Å². The van der Waals surface area contributed by atoms with Crippen molar-refractivity contribution >= 4 is 34.8 Å². The van der Waals surface area contributed by atoms with E-state index in [1.54, 1.807) is 6.07 Å². The standard InChI is InChI=1S/C22H26ClN3O2/c1-16-9-10-19(14-20(16)23)25-21(27)15-24-18-8-6-7-17(13-18)22(28)26-11-4-2-3-5-12-26/h6-10,13-14,24H,2-5,11-12,15H2,1H3,(H,25,27). The molecule has 0 atom stereocenters. The number of likely N-dealkylation sites (tertiary alicyclic amines) is 1. The van der Waals surface area contributed by atoms with Crippen LogP contribution in [0.1, 0.15) is 41.6 Å². The van der Waals surface area contributed by atoms with Crippen molar-refractivity contribution in [3.05, 3.63) is 58.6 Å². The SMILES string of the molecule is Cc1ccc(NC(=O)CNc2cccc(C(=O)N3CCCCCC3)c2)cc1Cl. The predicted octanol–water partition coefficient (Wildman–Crippen LogP) is 4.72. The van der Waals surface area contributed by atoms with Crippen LogP contribution in [0.5, 0.6) is 0 Å². The lowest BCUT2D eigenvalue weighted by Gasteiger charge is -2.20. The predicted molar refractivity (Wildman–Crippen MR) is 114 cm³/mol. The average molecular weight is 400 g/mol. The van der Waals surface area contributed by atoms with Crippen molar-refractivity contribution in [2.24, 2.45) is 0 Å². The molecule has 0 aromatic heterocycles. The maximum absolute atomic E-state index is 12.7. The van der Waals surface area contributed by atoms with E-state index in [2.05, 4.69) is 10.6 Å². The zero-order valence-corrected chi connectivity index (χ0v) is 16.9. The summed E-state index contributed by atoms with van der Waals surface area (Å²) in [7, 11) is 0. The first-order chi connectivity index (χ1) is 13.5. The van der Waals surface area contributed by atoms with Crippen LogP contribution in [0.25, 0.3) is 0 Å². The van der Waals surface area contributed by atoms with Gasteiger partial charge in [-0.15, -0.1) is 0 Å². The van der Waals surface area contributed by atoms with Gasteiger partial charge < -0.3 is 15.5 Å². The highest BCUT2D eigenvalue weighted by atomic mass is 35.5. The van der Waals surface area contributed by atoms with Crippen molar-refractivity contribution in [1.29, 1.82) is 0 Å². The summed E-state index contributed by atoms with van der Waals surface area (Å²) >= 11 is 6.09. The number of amides is 2. The van der Waals surface area contributed by atoms with Crippen molar-refractivity contribution < 1.29 is 9.59 Å². The number of aryl methyl sites for hydroxylation is 1. The molecule has 1 aliphatic heterocycles. The lowest BCUT2D eigenvalue weighted by molar-refractivity contribution is -0.114. The fourth-order valence-corrected chi connectivity index (χ4v) is 3.46. The summed E-state index contributed by atoms with van der Waals surface area (Å²) in [6.07, 6.45) is 4.50. The number of nitrogens with zero attached hydrogens (tertiary/aromatic N) is 1. The molecule has 0 spiro atoms. The van der Waals surface area contributed by atoms with Crippen molar-refractivity contribution in [3.63, 3.8) is 0 Å². The fourth-order valence-electron chi connectivity index (χ4n) is 3.28. The minimum atomic E-state index is -0.177. The molecule has 3 rings (SSSR count). The first kappa shape index (κ1) is 20.2. The summed E-state index contributed by atoms with van der Waals surface area (Å²) in [5, 5.41) is 6.52. The molecule has 2 aromatic rings. The molecule has 2 N–H and O–H groups in total. The Morgan fingerprint density at radius 3 is 2.46 bits per heavy atom. The molecule has 0 bridgehead atoms. The second-order valence-electron chi connectivity index (χ2n) is 7.15. The van der Waals surface area contributed by atoms with E-state index in [0.717, 1.165) is 37.2 Å². The van der Waals surface area contributed by atoms with Gasteiger partial charge in [0.05, 0.1) is 6.54 Å². The molecule has 1 heterocycles. The van der Waals surface area contributed by atoms with Gasteiger partial charge in [-0.1, -0.05) is 36.6 Å². The van der Waals surface area contributed by atoms with E-state index >= 15 is 0 Å². The molecule has 2 aromatic carbocycles. The average Bonchev–Trinajstić information content (AvgIpc) is 2.98. The smallest absolute Gasteiger partial charge is 0.253 e. The molecule has 1 fully saturated rings. The minimum Gasteiger partial charge on any atom is -0.376 e. The molecule has 6 heteroatoms. The molecule has 0 saturated carbocycles. The highest BCUT2D eigenvalue weighted by molar-refractivity contribution is 6.31. The number of benzene rings is 2. The van der Waals surface area contributed by atoms with E-state index in [1.807, 2.05) is 48.2 Å². The quantitative estimate of drug-likeness (QED) is 0.765. The molecule has 148 valence electrons. The van der Waals surface area contributed by atoms with Crippen LogP contribution < -0.4 is 10.6 Å². The Bertz CT molecular complexity index is 845. The van der Waals surface area contributed by atoms with Gasteiger partial charge in [-0.3, -0.25) is 9.59 Å². The Balaban J connectivity index is 1.57. The first-order valence-electron chi connectivity index (χ1n) is 9.72. The van der Waals surface area contributed by atoms with Gasteiger partial charge in [0.1, 0.15) is 0 Å². The summed E-state index contributed by atoms with van der Waals surface area (Å²) in [5.41, 5.74) is 3.02. The van der Waals surface area contributed by atoms with Gasteiger partial charge in [0.25, 0.3) is 5.91 Å². The summed E-state index contributed by atoms with van der Waals surface area (Å²) in [4.78, 5) is 26.9. The molecule has 1 aliphatic rings. The van der Waals surface area contributed by atoms with Crippen LogP contribution in [0, 0.1) is 6.92 Å². The topological polar surface area (TPSA) is 61.4 Å². The Kier molecular flexibility index (Phi) is 6.93. The number of carbonyl (C=O) groups is 2. The van der Waals surface area contributed by atoms with Crippen LogP contribution in [-0.2, 0) is 4.79 Å². The molecule has 5 nitrogen and oxygen atoms in total. The van der Waals surface area contributed by atoms with Crippen molar-refractivity contribution in [2.45, 2.75) is 32.6 Å². The number of hydrogen-bond acceptors (Lipinski definition) is 3. The number of rotatable bonds is 5. The Morgan fingerprint density at radius 1 is 1.00 bits per heavy atom. The number of carbonyl (C=O) groups excluding carboxylic acids is 2. The summed E-state index contributed by atoms with van der Waals surface area (Å²) < 4.78 is 0. The third kappa shape index (κ3) is 5.49. The molecule has 0 unspecified atom stereocenters. The van der Waals surface area contributed by atoms with Gasteiger partial charge in [0.15, 0.2) is 0 Å². The van der Waals surface area contributed by atoms with E-state index in [-0.39, 0.29) is 18.4 Å².